The van der Waals surface area contributed by atoms with Gasteiger partial charge in [-0.15, -0.1) is 0 Å². The summed E-state index contributed by atoms with van der Waals surface area (Å²) < 4.78 is 4.93. The van der Waals surface area contributed by atoms with Gasteiger partial charge < -0.3 is 31.0 Å². The van der Waals surface area contributed by atoms with E-state index in [0.717, 1.165) is 32.9 Å². The number of benzene rings is 2. The summed E-state index contributed by atoms with van der Waals surface area (Å²) in [4.78, 5) is 55.1. The first-order valence-electron chi connectivity index (χ1n) is 14.1. The van der Waals surface area contributed by atoms with Gasteiger partial charge in [0.25, 0.3) is 0 Å². The molecule has 3 amide bonds. The Kier molecular flexibility index (Phi) is 9.95. The number of nitrogens with one attached hydrogen (secondary N) is 6. The average molecular weight is 575 g/mol. The Labute approximate surface area is 244 Å². The Morgan fingerprint density at radius 3 is 2.33 bits per heavy atom. The summed E-state index contributed by atoms with van der Waals surface area (Å²) in [6, 6.07) is 9.22. The van der Waals surface area contributed by atoms with Crippen LogP contribution in [0.1, 0.15) is 44.2 Å². The molecule has 6 N–H and O–H groups in total. The molecule has 0 aliphatic carbocycles. The number of fused-ring (bicyclic) bond motifs is 2. The topological polar surface area (TPSA) is 165 Å². The number of carbonyl (C=O) groups excluding carboxylic acids is 4. The van der Waals surface area contributed by atoms with Crippen molar-refractivity contribution in [3.05, 3.63) is 59.7 Å². The molecule has 11 nitrogen and oxygen atoms in total. The van der Waals surface area contributed by atoms with Crippen molar-refractivity contribution in [2.24, 2.45) is 0 Å². The Bertz CT molecular complexity index is 1530. The van der Waals surface area contributed by atoms with Crippen LogP contribution in [0, 0.1) is 5.41 Å². The maximum atomic E-state index is 13.6. The minimum Gasteiger partial charge on any atom is -0.467 e. The van der Waals surface area contributed by atoms with Crippen molar-refractivity contribution in [3.8, 4) is 0 Å². The van der Waals surface area contributed by atoms with E-state index in [1.165, 1.54) is 14.0 Å². The maximum Gasteiger partial charge on any atom is 0.328 e. The molecule has 1 aromatic heterocycles. The fraction of sp³-hybridized carbons (Fsp3) is 0.387. The van der Waals surface area contributed by atoms with Gasteiger partial charge in [-0.25, -0.2) is 4.79 Å². The number of esters is 1. The molecule has 1 unspecified atom stereocenters. The number of allylic oxidation sites excluding steroid dienone is 1. The lowest BCUT2D eigenvalue weighted by molar-refractivity contribution is -0.145. The molecule has 3 atom stereocenters. The largest absolute Gasteiger partial charge is 0.467 e. The minimum atomic E-state index is -0.983. The van der Waals surface area contributed by atoms with Crippen LogP contribution in [0.25, 0.3) is 21.8 Å². The van der Waals surface area contributed by atoms with Gasteiger partial charge in [-0.1, -0.05) is 24.3 Å². The zero-order valence-corrected chi connectivity index (χ0v) is 24.1. The molecule has 42 heavy (non-hydrogen) atoms. The summed E-state index contributed by atoms with van der Waals surface area (Å²) in [5.41, 5.74) is 3.88. The third-order valence-corrected chi connectivity index (χ3v) is 7.25. The van der Waals surface area contributed by atoms with Crippen LogP contribution in [0.2, 0.25) is 0 Å². The number of rotatable bonds is 6. The van der Waals surface area contributed by atoms with Crippen molar-refractivity contribution in [1.29, 1.82) is 5.41 Å². The number of hydrogen-bond acceptors (Lipinski definition) is 6. The minimum absolute atomic E-state index is 0.209. The highest BCUT2D eigenvalue weighted by atomic mass is 16.5. The lowest BCUT2D eigenvalue weighted by atomic mass is 10.0. The second-order valence-electron chi connectivity index (χ2n) is 10.6. The van der Waals surface area contributed by atoms with Crippen molar-refractivity contribution in [1.82, 2.24) is 26.3 Å². The zero-order valence-electron chi connectivity index (χ0n) is 24.1. The van der Waals surface area contributed by atoms with Crippen LogP contribution in [0.5, 0.6) is 0 Å². The van der Waals surface area contributed by atoms with Crippen LogP contribution in [-0.2, 0) is 36.8 Å². The fourth-order valence-electron chi connectivity index (χ4n) is 5.14. The van der Waals surface area contributed by atoms with Crippen molar-refractivity contribution in [2.45, 2.75) is 64.1 Å². The lowest BCUT2D eigenvalue weighted by Gasteiger charge is -2.25. The summed E-state index contributed by atoms with van der Waals surface area (Å²) in [5, 5.41) is 20.8. The van der Waals surface area contributed by atoms with E-state index >= 15 is 0 Å². The third kappa shape index (κ3) is 7.74. The van der Waals surface area contributed by atoms with E-state index in [1.807, 2.05) is 42.5 Å². The van der Waals surface area contributed by atoms with E-state index in [9.17, 15) is 19.2 Å². The van der Waals surface area contributed by atoms with Crippen LogP contribution in [0.15, 0.2) is 48.6 Å². The van der Waals surface area contributed by atoms with Gasteiger partial charge in [0.2, 0.25) is 17.7 Å². The maximum absolute atomic E-state index is 13.6. The van der Waals surface area contributed by atoms with Gasteiger partial charge in [0, 0.05) is 41.7 Å². The molecular formula is C31H38N6O5. The second-order valence-corrected chi connectivity index (χ2v) is 10.6. The molecular weight excluding hydrogens is 536 g/mol. The molecule has 0 saturated heterocycles. The monoisotopic (exact) mass is 574 g/mol. The third-order valence-electron chi connectivity index (χ3n) is 7.25. The number of methoxy groups -OCH3 is 1. The van der Waals surface area contributed by atoms with E-state index in [1.54, 1.807) is 6.92 Å². The van der Waals surface area contributed by atoms with Gasteiger partial charge in [0.05, 0.1) is 12.9 Å². The van der Waals surface area contributed by atoms with Crippen LogP contribution >= 0.6 is 0 Å². The molecule has 1 aliphatic rings. The van der Waals surface area contributed by atoms with E-state index in [-0.39, 0.29) is 25.2 Å². The van der Waals surface area contributed by atoms with Gasteiger partial charge in [-0.05, 0) is 68.0 Å². The average Bonchev–Trinajstić information content (AvgIpc) is 3.31. The summed E-state index contributed by atoms with van der Waals surface area (Å²) in [7, 11) is 1.26. The molecule has 11 heteroatoms. The summed E-state index contributed by atoms with van der Waals surface area (Å²) >= 11 is 0. The quantitative estimate of drug-likeness (QED) is 0.0870. The highest BCUT2D eigenvalue weighted by Gasteiger charge is 2.29. The summed E-state index contributed by atoms with van der Waals surface area (Å²) in [6.07, 6.45) is 5.56. The van der Waals surface area contributed by atoms with Crippen LogP contribution in [-0.4, -0.2) is 66.3 Å². The highest BCUT2D eigenvalue weighted by molar-refractivity contribution is 6.07. The molecule has 0 fully saturated rings. The summed E-state index contributed by atoms with van der Waals surface area (Å²) in [5.74, 6) is -1.73. The molecule has 2 heterocycles. The van der Waals surface area contributed by atoms with Crippen LogP contribution in [0.4, 0.5) is 0 Å². The first-order valence-corrected chi connectivity index (χ1v) is 14.1. The molecule has 0 radical (unpaired) electrons. The van der Waals surface area contributed by atoms with E-state index < -0.39 is 35.9 Å². The predicted octanol–water partition coefficient (Wildman–Crippen LogP) is 2.38. The van der Waals surface area contributed by atoms with Crippen molar-refractivity contribution in [3.63, 3.8) is 0 Å². The molecule has 0 saturated carbocycles. The molecule has 1 aliphatic heterocycles. The number of hydrogen-bond donors (Lipinski definition) is 6. The van der Waals surface area contributed by atoms with Gasteiger partial charge in [0.1, 0.15) is 18.1 Å². The fourth-order valence-corrected chi connectivity index (χ4v) is 5.14. The van der Waals surface area contributed by atoms with Gasteiger partial charge in [-0.2, -0.15) is 0 Å². The molecule has 3 aromatic rings. The lowest BCUT2D eigenvalue weighted by Crippen LogP contribution is -2.56. The van der Waals surface area contributed by atoms with E-state index in [4.69, 9.17) is 10.1 Å². The smallest absolute Gasteiger partial charge is 0.328 e. The zero-order chi connectivity index (χ0) is 30.2. The van der Waals surface area contributed by atoms with Gasteiger partial charge in [-0.3, -0.25) is 19.8 Å². The van der Waals surface area contributed by atoms with Gasteiger partial charge in [0.15, 0.2) is 0 Å². The van der Waals surface area contributed by atoms with Gasteiger partial charge >= 0.3 is 5.97 Å². The van der Waals surface area contributed by atoms with Crippen LogP contribution in [0.3, 0.4) is 0 Å². The second kappa shape index (κ2) is 13.8. The number of carbonyl (C=O) groups is 4. The number of amides is 3. The molecule has 4 rings (SSSR count). The molecule has 0 spiro atoms. The highest BCUT2D eigenvalue weighted by Crippen LogP contribution is 2.28. The van der Waals surface area contributed by atoms with Crippen LogP contribution < -0.4 is 21.3 Å². The number of H-pyrrole nitrogens is 1. The van der Waals surface area contributed by atoms with E-state index in [2.05, 4.69) is 32.3 Å². The number of amidine groups is 1. The van der Waals surface area contributed by atoms with Crippen molar-refractivity contribution < 1.29 is 23.9 Å². The van der Waals surface area contributed by atoms with E-state index in [0.29, 0.717) is 25.2 Å². The Hall–Kier alpha value is -4.67. The molecule has 2 aromatic carbocycles. The Balaban J connectivity index is 1.71. The van der Waals surface area contributed by atoms with Crippen molar-refractivity contribution in [2.75, 3.05) is 13.7 Å². The Morgan fingerprint density at radius 1 is 0.976 bits per heavy atom. The molecule has 222 valence electrons. The number of aromatic amines is 1. The number of ether oxygens (including phenoxy) is 1. The predicted molar refractivity (Wildman–Crippen MR) is 161 cm³/mol. The number of aromatic nitrogens is 1. The molecule has 4 bridgehead atoms. The van der Waals surface area contributed by atoms with Crippen molar-refractivity contribution >= 4 is 51.3 Å². The normalized spacial score (nSPS) is 19.7. The first-order chi connectivity index (χ1) is 20.1. The SMILES string of the molecule is COC(=O)[C@@H]1CC=CCc2ccc3[nH]c4ccc(cc4c3c2)CC(NC(C)=O)C(=O)N[C@H](CCCNC(C)=N)C(=O)N1. The first kappa shape index (κ1) is 30.3. The summed E-state index contributed by atoms with van der Waals surface area (Å²) in [6.45, 7) is 3.38. The Morgan fingerprint density at radius 2 is 1.67 bits per heavy atom. The standard InChI is InChI=1S/C31H38N6O5/c1-18(32)33-14-6-9-26-29(39)37-27(31(41)42-3)8-5-4-7-20-10-12-24-22(15-20)23-16-21(11-13-25(23)35-24)17-28(30(40)36-26)34-19(2)38/h4-5,10-13,15-16,26-28,35H,6-9,14,17H2,1-3H3,(H2,32,33)(H,34,38)(H,36,40)(H,37,39)/t26-,27+,28?/m1/s1.